The van der Waals surface area contributed by atoms with Gasteiger partial charge in [-0.25, -0.2) is 0 Å². The van der Waals surface area contributed by atoms with Crippen molar-refractivity contribution in [2.45, 2.75) is 38.4 Å². The number of primary amides is 1. The lowest BCUT2D eigenvalue weighted by Crippen LogP contribution is -2.27. The lowest BCUT2D eigenvalue weighted by Gasteiger charge is -2.22. The van der Waals surface area contributed by atoms with Crippen LogP contribution in [0.2, 0.25) is 0 Å². The first-order chi connectivity index (χ1) is 4.81. The molecule has 0 rings (SSSR count). The summed E-state index contributed by atoms with van der Waals surface area (Å²) in [7, 11) is 0. The minimum Gasteiger partial charge on any atom is -0.370 e. The second kappa shape index (κ2) is 3.93. The standard InChI is InChI=1S/C7H14ClNO2/c1-7(2,3)11-5(8)4-6(9)10/h5H,4H2,1-3H3,(H2,9,10). The van der Waals surface area contributed by atoms with Crippen LogP contribution in [-0.4, -0.2) is 17.1 Å². The van der Waals surface area contributed by atoms with E-state index in [4.69, 9.17) is 22.1 Å². The van der Waals surface area contributed by atoms with Crippen LogP contribution in [0, 0.1) is 0 Å². The molecule has 11 heavy (non-hydrogen) atoms. The third-order valence-electron chi connectivity index (χ3n) is 0.843. The van der Waals surface area contributed by atoms with Gasteiger partial charge in [-0.05, 0) is 20.8 Å². The number of carbonyl (C=O) groups is 1. The van der Waals surface area contributed by atoms with Crippen LogP contribution in [0.4, 0.5) is 0 Å². The Morgan fingerprint density at radius 2 is 2.09 bits per heavy atom. The lowest BCUT2D eigenvalue weighted by molar-refractivity contribution is -0.121. The van der Waals surface area contributed by atoms with Crippen LogP contribution < -0.4 is 5.73 Å². The van der Waals surface area contributed by atoms with E-state index in [2.05, 4.69) is 0 Å². The first kappa shape index (κ1) is 10.7. The first-order valence-corrected chi connectivity index (χ1v) is 3.85. The summed E-state index contributed by atoms with van der Waals surface area (Å²) in [6.45, 7) is 5.59. The molecule has 1 unspecified atom stereocenters. The van der Waals surface area contributed by atoms with Crippen LogP contribution in [0.15, 0.2) is 0 Å². The van der Waals surface area contributed by atoms with Gasteiger partial charge in [0, 0.05) is 0 Å². The molecule has 0 saturated heterocycles. The Kier molecular flexibility index (Phi) is 3.83. The van der Waals surface area contributed by atoms with Gasteiger partial charge in [0.2, 0.25) is 5.91 Å². The fourth-order valence-corrected chi connectivity index (χ4v) is 1.00. The lowest BCUT2D eigenvalue weighted by atomic mass is 10.2. The van der Waals surface area contributed by atoms with Crippen LogP contribution in [-0.2, 0) is 9.53 Å². The van der Waals surface area contributed by atoms with Gasteiger partial charge in [0.15, 0.2) is 0 Å². The molecule has 0 aromatic heterocycles. The van der Waals surface area contributed by atoms with Gasteiger partial charge in [-0.1, -0.05) is 11.6 Å². The molecule has 0 heterocycles. The number of halogens is 1. The molecule has 0 aliphatic rings. The maximum atomic E-state index is 10.4. The molecule has 3 nitrogen and oxygen atoms in total. The van der Waals surface area contributed by atoms with Gasteiger partial charge in [0.1, 0.15) is 5.56 Å². The van der Waals surface area contributed by atoms with Crippen LogP contribution in [0.25, 0.3) is 0 Å². The molecule has 0 aromatic rings. The van der Waals surface area contributed by atoms with Crippen molar-refractivity contribution in [3.63, 3.8) is 0 Å². The Morgan fingerprint density at radius 1 is 1.64 bits per heavy atom. The number of rotatable bonds is 3. The van der Waals surface area contributed by atoms with Crippen LogP contribution >= 0.6 is 11.6 Å². The molecular formula is C7H14ClNO2. The molecule has 0 aliphatic heterocycles. The third kappa shape index (κ3) is 7.62. The fourth-order valence-electron chi connectivity index (χ4n) is 0.583. The Hall–Kier alpha value is -0.280. The quantitative estimate of drug-likeness (QED) is 0.663. The van der Waals surface area contributed by atoms with Crippen LogP contribution in [0.1, 0.15) is 27.2 Å². The van der Waals surface area contributed by atoms with E-state index in [1.54, 1.807) is 0 Å². The largest absolute Gasteiger partial charge is 0.370 e. The first-order valence-electron chi connectivity index (χ1n) is 3.41. The summed E-state index contributed by atoms with van der Waals surface area (Å²) in [4.78, 5) is 10.4. The number of hydrogen-bond acceptors (Lipinski definition) is 2. The number of carbonyl (C=O) groups excluding carboxylic acids is 1. The van der Waals surface area contributed by atoms with E-state index in [0.29, 0.717) is 0 Å². The molecule has 0 spiro atoms. The average Bonchev–Trinajstić information content (AvgIpc) is 1.53. The fraction of sp³-hybridized carbons (Fsp3) is 0.857. The molecule has 0 aliphatic carbocycles. The third-order valence-corrected chi connectivity index (χ3v) is 1.09. The molecule has 0 radical (unpaired) electrons. The maximum Gasteiger partial charge on any atom is 0.221 e. The number of ether oxygens (including phenoxy) is 1. The van der Waals surface area contributed by atoms with Crippen LogP contribution in [0.5, 0.6) is 0 Å². The van der Waals surface area contributed by atoms with E-state index in [-0.39, 0.29) is 12.0 Å². The van der Waals surface area contributed by atoms with E-state index >= 15 is 0 Å². The van der Waals surface area contributed by atoms with Gasteiger partial charge in [-0.3, -0.25) is 4.79 Å². The van der Waals surface area contributed by atoms with E-state index in [9.17, 15) is 4.79 Å². The summed E-state index contributed by atoms with van der Waals surface area (Å²) >= 11 is 5.64. The minimum absolute atomic E-state index is 0.0544. The summed E-state index contributed by atoms with van der Waals surface area (Å²) in [5.74, 6) is -0.450. The van der Waals surface area contributed by atoms with E-state index in [1.807, 2.05) is 20.8 Å². The summed E-state index contributed by atoms with van der Waals surface area (Å²) in [6, 6.07) is 0. The van der Waals surface area contributed by atoms with Gasteiger partial charge < -0.3 is 10.5 Å². The molecule has 0 saturated carbocycles. The van der Waals surface area contributed by atoms with E-state index < -0.39 is 11.5 Å². The van der Waals surface area contributed by atoms with Crippen molar-refractivity contribution in [1.29, 1.82) is 0 Å². The normalized spacial score (nSPS) is 14.5. The van der Waals surface area contributed by atoms with Crippen molar-refractivity contribution in [3.8, 4) is 0 Å². The Bertz CT molecular complexity index is 142. The van der Waals surface area contributed by atoms with Crippen molar-refractivity contribution in [1.82, 2.24) is 0 Å². The van der Waals surface area contributed by atoms with Gasteiger partial charge in [0.05, 0.1) is 12.0 Å². The Morgan fingerprint density at radius 3 is 2.36 bits per heavy atom. The number of hydrogen-bond donors (Lipinski definition) is 1. The number of alkyl halides is 1. The van der Waals surface area contributed by atoms with Gasteiger partial charge in [-0.15, -0.1) is 0 Å². The zero-order valence-corrected chi connectivity index (χ0v) is 7.81. The van der Waals surface area contributed by atoms with Crippen molar-refractivity contribution in [2.75, 3.05) is 0 Å². The van der Waals surface area contributed by atoms with Gasteiger partial charge in [0.25, 0.3) is 0 Å². The van der Waals surface area contributed by atoms with Crippen molar-refractivity contribution < 1.29 is 9.53 Å². The average molecular weight is 180 g/mol. The molecule has 66 valence electrons. The summed E-state index contributed by atoms with van der Waals surface area (Å²) < 4.78 is 5.21. The molecule has 4 heteroatoms. The van der Waals surface area contributed by atoms with E-state index in [1.165, 1.54) is 0 Å². The van der Waals surface area contributed by atoms with Crippen molar-refractivity contribution in [3.05, 3.63) is 0 Å². The van der Waals surface area contributed by atoms with E-state index in [0.717, 1.165) is 0 Å². The molecule has 0 bridgehead atoms. The predicted octanol–water partition coefficient (Wildman–Crippen LogP) is 1.24. The monoisotopic (exact) mass is 179 g/mol. The maximum absolute atomic E-state index is 10.4. The zero-order chi connectivity index (χ0) is 9.07. The Labute approximate surface area is 71.8 Å². The molecule has 2 N–H and O–H groups in total. The highest BCUT2D eigenvalue weighted by Gasteiger charge is 2.17. The van der Waals surface area contributed by atoms with Crippen molar-refractivity contribution >= 4 is 17.5 Å². The van der Waals surface area contributed by atoms with Crippen molar-refractivity contribution in [2.24, 2.45) is 5.73 Å². The highest BCUT2D eigenvalue weighted by atomic mass is 35.5. The second-order valence-electron chi connectivity index (χ2n) is 3.31. The topological polar surface area (TPSA) is 52.3 Å². The second-order valence-corrected chi connectivity index (χ2v) is 3.80. The zero-order valence-electron chi connectivity index (χ0n) is 7.06. The Balaban J connectivity index is 3.69. The van der Waals surface area contributed by atoms with Crippen LogP contribution in [0.3, 0.4) is 0 Å². The summed E-state index contributed by atoms with van der Waals surface area (Å²) in [6.07, 6.45) is 0.0544. The summed E-state index contributed by atoms with van der Waals surface area (Å²) in [5, 5.41) is 0. The molecule has 0 aromatic carbocycles. The molecule has 1 amide bonds. The minimum atomic E-state index is -0.618. The molecule has 1 atom stereocenters. The number of nitrogens with two attached hydrogens (primary N) is 1. The van der Waals surface area contributed by atoms with Gasteiger partial charge >= 0.3 is 0 Å². The van der Waals surface area contributed by atoms with Gasteiger partial charge in [-0.2, -0.15) is 0 Å². The SMILES string of the molecule is CC(C)(C)OC(Cl)CC(N)=O. The summed E-state index contributed by atoms with van der Waals surface area (Å²) in [5.41, 5.74) is 3.96. The highest BCUT2D eigenvalue weighted by Crippen LogP contribution is 2.15. The smallest absolute Gasteiger partial charge is 0.221 e. The number of amides is 1. The molecular weight excluding hydrogens is 166 g/mol. The predicted molar refractivity (Wildman–Crippen MR) is 44.3 cm³/mol. The molecule has 0 fully saturated rings. The highest BCUT2D eigenvalue weighted by molar-refractivity contribution is 6.20.